The molecule has 4 nitrogen and oxygen atoms in total. The van der Waals surface area contributed by atoms with Gasteiger partial charge in [-0.3, -0.25) is 9.48 Å². The van der Waals surface area contributed by atoms with Crippen LogP contribution in [0.15, 0.2) is 15.3 Å². The third-order valence-corrected chi connectivity index (χ3v) is 3.35. The van der Waals surface area contributed by atoms with Gasteiger partial charge in [-0.25, -0.2) is 0 Å². The first-order chi connectivity index (χ1) is 8.48. The fraction of sp³-hybridized carbons (Fsp3) is 0.692. The van der Waals surface area contributed by atoms with Crippen LogP contribution in [-0.4, -0.2) is 21.4 Å². The summed E-state index contributed by atoms with van der Waals surface area (Å²) in [6.07, 6.45) is 0.355. The lowest BCUT2D eigenvalue weighted by Crippen LogP contribution is -2.30. The number of esters is 1. The molecule has 19 heavy (non-hydrogen) atoms. The molecule has 1 heterocycles. The summed E-state index contributed by atoms with van der Waals surface area (Å²) in [4.78, 5) is 11.9. The van der Waals surface area contributed by atoms with Crippen molar-refractivity contribution in [2.45, 2.75) is 53.2 Å². The summed E-state index contributed by atoms with van der Waals surface area (Å²) in [5.41, 5.74) is -0.668. The second-order valence-electron chi connectivity index (χ2n) is 6.37. The summed E-state index contributed by atoms with van der Waals surface area (Å²) in [6, 6.07) is 1.88. The Morgan fingerprint density at radius 1 is 1.32 bits per heavy atom. The molecule has 0 aromatic carbocycles. The molecule has 1 aromatic heterocycles. The first kappa shape index (κ1) is 16.7. The van der Waals surface area contributed by atoms with Crippen molar-refractivity contribution in [1.29, 1.82) is 0 Å². The quantitative estimate of drug-likeness (QED) is 0.718. The second kappa shape index (κ2) is 5.95. The molecular weight excluding hydrogens is 376 g/mol. The molecule has 0 fully saturated rings. The predicted octanol–water partition coefficient (Wildman–Crippen LogP) is 4.17. The Kier molecular flexibility index (Phi) is 5.23. The number of rotatable bonds is 4. The average Bonchev–Trinajstić information content (AvgIpc) is 2.38. The Morgan fingerprint density at radius 2 is 1.89 bits per heavy atom. The summed E-state index contributed by atoms with van der Waals surface area (Å²) < 4.78 is 8.84. The van der Waals surface area contributed by atoms with Crippen LogP contribution >= 0.6 is 31.9 Å². The van der Waals surface area contributed by atoms with Crippen LogP contribution in [0, 0.1) is 5.41 Å². The van der Waals surface area contributed by atoms with Crippen molar-refractivity contribution in [3.63, 3.8) is 0 Å². The van der Waals surface area contributed by atoms with Gasteiger partial charge in [0, 0.05) is 12.6 Å². The monoisotopic (exact) mass is 394 g/mol. The van der Waals surface area contributed by atoms with Crippen LogP contribution in [0.2, 0.25) is 0 Å². The molecule has 1 rings (SSSR count). The fourth-order valence-electron chi connectivity index (χ4n) is 1.71. The summed E-state index contributed by atoms with van der Waals surface area (Å²) in [5.74, 6) is -0.181. The summed E-state index contributed by atoms with van der Waals surface area (Å²) in [5, 5.41) is 4.31. The van der Waals surface area contributed by atoms with Crippen LogP contribution < -0.4 is 0 Å². The minimum atomic E-state index is -0.442. The Labute approximate surface area is 131 Å². The smallest absolute Gasteiger partial charge is 0.306 e. The van der Waals surface area contributed by atoms with Gasteiger partial charge < -0.3 is 4.74 Å². The van der Waals surface area contributed by atoms with E-state index in [4.69, 9.17) is 4.74 Å². The number of carbonyl (C=O) groups excluding carboxylic acids is 1. The highest BCUT2D eigenvalue weighted by Gasteiger charge is 2.27. The second-order valence-corrected chi connectivity index (χ2v) is 8.00. The van der Waals surface area contributed by atoms with Gasteiger partial charge in [0.1, 0.15) is 14.8 Å². The molecule has 0 N–H and O–H groups in total. The molecular formula is C13H20Br2N2O2. The average molecular weight is 396 g/mol. The number of nitrogens with zero attached hydrogens (tertiary/aromatic N) is 2. The predicted molar refractivity (Wildman–Crippen MR) is 81.9 cm³/mol. The summed E-state index contributed by atoms with van der Waals surface area (Å²) in [7, 11) is 0. The summed E-state index contributed by atoms with van der Waals surface area (Å²) >= 11 is 6.77. The van der Waals surface area contributed by atoms with Gasteiger partial charge >= 0.3 is 5.97 Å². The molecule has 0 aliphatic heterocycles. The van der Waals surface area contributed by atoms with Crippen molar-refractivity contribution >= 4 is 37.8 Å². The molecule has 0 aliphatic rings. The van der Waals surface area contributed by atoms with E-state index in [0.717, 1.165) is 9.21 Å². The van der Waals surface area contributed by atoms with Gasteiger partial charge in [-0.05, 0) is 58.0 Å². The lowest BCUT2D eigenvalue weighted by molar-refractivity contribution is -0.157. The minimum absolute atomic E-state index is 0.181. The van der Waals surface area contributed by atoms with Crippen molar-refractivity contribution in [2.24, 2.45) is 5.41 Å². The first-order valence-electron chi connectivity index (χ1n) is 6.09. The maximum absolute atomic E-state index is 11.9. The zero-order valence-corrected chi connectivity index (χ0v) is 15.1. The zero-order valence-electron chi connectivity index (χ0n) is 12.0. The van der Waals surface area contributed by atoms with Crippen LogP contribution in [0.5, 0.6) is 0 Å². The maximum atomic E-state index is 11.9. The molecule has 0 unspecified atom stereocenters. The van der Waals surface area contributed by atoms with Crippen molar-refractivity contribution in [3.05, 3.63) is 15.3 Å². The molecule has 0 bridgehead atoms. The van der Waals surface area contributed by atoms with Gasteiger partial charge in [0.05, 0.1) is 6.42 Å². The SMILES string of the molecule is CC(C)(CC(=O)OC(C)(C)C)Cn1nc(Br)cc1Br. The largest absolute Gasteiger partial charge is 0.460 e. The van der Waals surface area contributed by atoms with Crippen molar-refractivity contribution in [2.75, 3.05) is 0 Å². The van der Waals surface area contributed by atoms with E-state index >= 15 is 0 Å². The van der Waals surface area contributed by atoms with Crippen molar-refractivity contribution < 1.29 is 9.53 Å². The standard InChI is InChI=1S/C13H20Br2N2O2/c1-12(2,3)19-11(18)7-13(4,5)8-17-10(15)6-9(14)16-17/h6H,7-8H2,1-5H3. The topological polar surface area (TPSA) is 44.1 Å². The molecule has 108 valence electrons. The van der Waals surface area contributed by atoms with E-state index < -0.39 is 5.60 Å². The van der Waals surface area contributed by atoms with E-state index in [0.29, 0.717) is 13.0 Å². The molecule has 0 atom stereocenters. The maximum Gasteiger partial charge on any atom is 0.306 e. The zero-order chi connectivity index (χ0) is 14.8. The molecule has 0 aliphatic carbocycles. The summed E-state index contributed by atoms with van der Waals surface area (Å²) in [6.45, 7) is 10.3. The number of hydrogen-bond acceptors (Lipinski definition) is 3. The normalized spacial score (nSPS) is 12.6. The third kappa shape index (κ3) is 6.08. The molecule has 0 saturated carbocycles. The molecule has 0 amide bonds. The minimum Gasteiger partial charge on any atom is -0.460 e. The van der Waals surface area contributed by atoms with Gasteiger partial charge in [-0.2, -0.15) is 5.10 Å². The highest BCUT2D eigenvalue weighted by Crippen LogP contribution is 2.27. The van der Waals surface area contributed by atoms with Gasteiger partial charge in [-0.1, -0.05) is 13.8 Å². The Morgan fingerprint density at radius 3 is 2.32 bits per heavy atom. The number of carbonyl (C=O) groups is 1. The van der Waals surface area contributed by atoms with E-state index in [1.807, 2.05) is 45.4 Å². The number of halogens is 2. The van der Waals surface area contributed by atoms with Gasteiger partial charge in [0.2, 0.25) is 0 Å². The van der Waals surface area contributed by atoms with Crippen LogP contribution in [0.4, 0.5) is 0 Å². The van der Waals surface area contributed by atoms with Crippen molar-refractivity contribution in [3.8, 4) is 0 Å². The lowest BCUT2D eigenvalue weighted by atomic mass is 9.89. The molecule has 6 heteroatoms. The molecule has 1 aromatic rings. The highest BCUT2D eigenvalue weighted by atomic mass is 79.9. The van der Waals surface area contributed by atoms with E-state index in [1.165, 1.54) is 0 Å². The number of aromatic nitrogens is 2. The van der Waals surface area contributed by atoms with Crippen LogP contribution in [0.1, 0.15) is 41.0 Å². The van der Waals surface area contributed by atoms with E-state index in [9.17, 15) is 4.79 Å². The molecule has 0 saturated heterocycles. The first-order valence-corrected chi connectivity index (χ1v) is 7.68. The van der Waals surface area contributed by atoms with E-state index in [-0.39, 0.29) is 11.4 Å². The molecule has 0 spiro atoms. The van der Waals surface area contributed by atoms with Gasteiger partial charge in [-0.15, -0.1) is 0 Å². The van der Waals surface area contributed by atoms with Crippen LogP contribution in [0.3, 0.4) is 0 Å². The van der Waals surface area contributed by atoms with Crippen LogP contribution in [-0.2, 0) is 16.1 Å². The molecule has 0 radical (unpaired) electrons. The van der Waals surface area contributed by atoms with Crippen LogP contribution in [0.25, 0.3) is 0 Å². The Balaban J connectivity index is 2.66. The Bertz CT molecular complexity index is 462. The highest BCUT2D eigenvalue weighted by molar-refractivity contribution is 9.11. The van der Waals surface area contributed by atoms with Gasteiger partial charge in [0.25, 0.3) is 0 Å². The van der Waals surface area contributed by atoms with E-state index in [1.54, 1.807) is 0 Å². The number of hydrogen-bond donors (Lipinski definition) is 0. The lowest BCUT2D eigenvalue weighted by Gasteiger charge is -2.26. The van der Waals surface area contributed by atoms with Gasteiger partial charge in [0.15, 0.2) is 0 Å². The Hall–Kier alpha value is -0.360. The van der Waals surface area contributed by atoms with Crippen molar-refractivity contribution in [1.82, 2.24) is 9.78 Å². The number of ether oxygens (including phenoxy) is 1. The fourth-order valence-corrected chi connectivity index (χ4v) is 2.84. The third-order valence-electron chi connectivity index (χ3n) is 2.32. The van der Waals surface area contributed by atoms with E-state index in [2.05, 4.69) is 37.0 Å².